The first kappa shape index (κ1) is 4.87. The van der Waals surface area contributed by atoms with Crippen LogP contribution >= 0.6 is 0 Å². The van der Waals surface area contributed by atoms with Gasteiger partial charge in [0.15, 0.2) is 0 Å². The molecule has 1 fully saturated rings. The van der Waals surface area contributed by atoms with E-state index in [-0.39, 0.29) is 6.10 Å². The van der Waals surface area contributed by atoms with Crippen molar-refractivity contribution in [2.24, 2.45) is 7.05 Å². The van der Waals surface area contributed by atoms with Crippen LogP contribution in [0, 0.1) is 0 Å². The standard InChI is InChI=1S/C4H6N4O/c1-8-6-4(5-7-8)3-2-9-3/h3H,2H2,1H3. The highest BCUT2D eigenvalue weighted by Gasteiger charge is 2.29. The molecule has 0 radical (unpaired) electrons. The predicted molar refractivity (Wildman–Crippen MR) is 27.5 cm³/mol. The fourth-order valence-electron chi connectivity index (χ4n) is 0.625. The van der Waals surface area contributed by atoms with E-state index in [0.717, 1.165) is 6.61 Å². The minimum Gasteiger partial charge on any atom is -0.364 e. The fraction of sp³-hybridized carbons (Fsp3) is 0.750. The maximum absolute atomic E-state index is 4.93. The Morgan fingerprint density at radius 3 is 3.00 bits per heavy atom. The molecular formula is C4H6N4O. The second-order valence-electron chi connectivity index (χ2n) is 1.96. The molecule has 0 aliphatic carbocycles. The van der Waals surface area contributed by atoms with Crippen molar-refractivity contribution in [1.29, 1.82) is 0 Å². The Balaban J connectivity index is 2.28. The molecule has 48 valence electrons. The van der Waals surface area contributed by atoms with Crippen LogP contribution in [0.2, 0.25) is 0 Å². The van der Waals surface area contributed by atoms with Crippen LogP contribution in [0.5, 0.6) is 0 Å². The Morgan fingerprint density at radius 2 is 2.56 bits per heavy atom. The first-order chi connectivity index (χ1) is 4.36. The molecule has 0 bridgehead atoms. The van der Waals surface area contributed by atoms with Crippen LogP contribution < -0.4 is 0 Å². The number of ether oxygens (including phenoxy) is 1. The van der Waals surface area contributed by atoms with Crippen molar-refractivity contribution in [2.75, 3.05) is 6.61 Å². The van der Waals surface area contributed by atoms with Crippen molar-refractivity contribution in [2.45, 2.75) is 6.10 Å². The van der Waals surface area contributed by atoms with Crippen LogP contribution in [0.1, 0.15) is 11.9 Å². The molecule has 1 unspecified atom stereocenters. The van der Waals surface area contributed by atoms with E-state index < -0.39 is 0 Å². The van der Waals surface area contributed by atoms with E-state index in [1.165, 1.54) is 4.80 Å². The quantitative estimate of drug-likeness (QED) is 0.466. The summed E-state index contributed by atoms with van der Waals surface area (Å²) < 4.78 is 4.93. The Hall–Kier alpha value is -0.970. The molecule has 0 spiro atoms. The van der Waals surface area contributed by atoms with Crippen LogP contribution in [0.3, 0.4) is 0 Å². The molecule has 5 nitrogen and oxygen atoms in total. The summed E-state index contributed by atoms with van der Waals surface area (Å²) in [6.07, 6.45) is 0.124. The van der Waals surface area contributed by atoms with Gasteiger partial charge in [-0.1, -0.05) is 0 Å². The van der Waals surface area contributed by atoms with Crippen molar-refractivity contribution in [3.8, 4) is 0 Å². The lowest BCUT2D eigenvalue weighted by atomic mass is 10.5. The highest BCUT2D eigenvalue weighted by Crippen LogP contribution is 2.25. The van der Waals surface area contributed by atoms with Crippen molar-refractivity contribution in [3.63, 3.8) is 0 Å². The number of tetrazole rings is 1. The Labute approximate surface area is 51.6 Å². The lowest BCUT2D eigenvalue weighted by Crippen LogP contribution is -1.92. The van der Waals surface area contributed by atoms with Gasteiger partial charge in [-0.25, -0.2) is 0 Å². The Kier molecular flexibility index (Phi) is 0.814. The van der Waals surface area contributed by atoms with E-state index in [0.29, 0.717) is 5.82 Å². The molecule has 1 aromatic heterocycles. The maximum Gasteiger partial charge on any atom is 0.205 e. The average molecular weight is 126 g/mol. The topological polar surface area (TPSA) is 56.1 Å². The van der Waals surface area contributed by atoms with E-state index in [4.69, 9.17) is 4.74 Å². The van der Waals surface area contributed by atoms with Crippen LogP contribution in [-0.4, -0.2) is 26.8 Å². The zero-order valence-electron chi connectivity index (χ0n) is 4.98. The third-order valence-electron chi connectivity index (χ3n) is 1.15. The second-order valence-corrected chi connectivity index (χ2v) is 1.96. The first-order valence-corrected chi connectivity index (χ1v) is 2.72. The molecule has 2 rings (SSSR count). The van der Waals surface area contributed by atoms with Gasteiger partial charge in [0.2, 0.25) is 5.82 Å². The molecule has 1 saturated heterocycles. The smallest absolute Gasteiger partial charge is 0.205 e. The van der Waals surface area contributed by atoms with Crippen LogP contribution in [-0.2, 0) is 11.8 Å². The largest absolute Gasteiger partial charge is 0.364 e. The summed E-state index contributed by atoms with van der Waals surface area (Å²) in [5.74, 6) is 0.692. The Bertz CT molecular complexity index is 216. The van der Waals surface area contributed by atoms with Gasteiger partial charge in [0.25, 0.3) is 0 Å². The summed E-state index contributed by atoms with van der Waals surface area (Å²) in [5, 5.41) is 11.4. The normalized spacial score (nSPS) is 24.3. The second kappa shape index (κ2) is 1.51. The molecule has 0 saturated carbocycles. The van der Waals surface area contributed by atoms with Crippen molar-refractivity contribution in [3.05, 3.63) is 5.82 Å². The van der Waals surface area contributed by atoms with Crippen molar-refractivity contribution in [1.82, 2.24) is 20.2 Å². The lowest BCUT2D eigenvalue weighted by molar-refractivity contribution is 0.405. The molecule has 1 aliphatic rings. The van der Waals surface area contributed by atoms with Crippen molar-refractivity contribution < 1.29 is 4.74 Å². The van der Waals surface area contributed by atoms with Gasteiger partial charge in [-0.2, -0.15) is 4.80 Å². The number of rotatable bonds is 1. The molecule has 0 aromatic carbocycles. The molecule has 1 aromatic rings. The fourth-order valence-corrected chi connectivity index (χ4v) is 0.625. The van der Waals surface area contributed by atoms with E-state index in [1.54, 1.807) is 7.05 Å². The zero-order valence-corrected chi connectivity index (χ0v) is 4.98. The maximum atomic E-state index is 4.93. The highest BCUT2D eigenvalue weighted by atomic mass is 16.6. The molecule has 1 aliphatic heterocycles. The summed E-state index contributed by atoms with van der Waals surface area (Å²) in [4.78, 5) is 1.43. The first-order valence-electron chi connectivity index (χ1n) is 2.72. The highest BCUT2D eigenvalue weighted by molar-refractivity contribution is 4.91. The van der Waals surface area contributed by atoms with E-state index in [2.05, 4.69) is 15.4 Å². The zero-order chi connectivity index (χ0) is 6.27. The van der Waals surface area contributed by atoms with E-state index >= 15 is 0 Å². The van der Waals surface area contributed by atoms with Crippen LogP contribution in [0.25, 0.3) is 0 Å². The molecule has 0 amide bonds. The Morgan fingerprint density at radius 1 is 1.78 bits per heavy atom. The van der Waals surface area contributed by atoms with E-state index in [9.17, 15) is 0 Å². The number of aryl methyl sites for hydroxylation is 1. The molecule has 9 heavy (non-hydrogen) atoms. The molecule has 0 N–H and O–H groups in total. The third-order valence-corrected chi connectivity index (χ3v) is 1.15. The third kappa shape index (κ3) is 0.787. The van der Waals surface area contributed by atoms with Crippen LogP contribution in [0.15, 0.2) is 0 Å². The van der Waals surface area contributed by atoms with Gasteiger partial charge in [0.05, 0.1) is 13.7 Å². The van der Waals surface area contributed by atoms with Gasteiger partial charge in [-0.3, -0.25) is 0 Å². The molecule has 5 heteroatoms. The number of aromatic nitrogens is 4. The summed E-state index contributed by atoms with van der Waals surface area (Å²) in [5.41, 5.74) is 0. The predicted octanol–water partition coefficient (Wildman–Crippen LogP) is -0.719. The number of epoxide rings is 1. The number of hydrogen-bond donors (Lipinski definition) is 0. The molecule has 1 atom stereocenters. The minimum absolute atomic E-state index is 0.124. The number of hydrogen-bond acceptors (Lipinski definition) is 4. The summed E-state index contributed by atoms with van der Waals surface area (Å²) >= 11 is 0. The van der Waals surface area contributed by atoms with Gasteiger partial charge >= 0.3 is 0 Å². The van der Waals surface area contributed by atoms with Gasteiger partial charge in [-0.15, -0.1) is 10.2 Å². The minimum atomic E-state index is 0.124. The van der Waals surface area contributed by atoms with Gasteiger partial charge in [-0.05, 0) is 5.21 Å². The monoisotopic (exact) mass is 126 g/mol. The summed E-state index contributed by atoms with van der Waals surface area (Å²) in [6, 6.07) is 0. The molecule has 2 heterocycles. The van der Waals surface area contributed by atoms with E-state index in [1.807, 2.05) is 0 Å². The summed E-state index contributed by atoms with van der Waals surface area (Å²) in [7, 11) is 1.74. The molecular weight excluding hydrogens is 120 g/mol. The van der Waals surface area contributed by atoms with Crippen LogP contribution in [0.4, 0.5) is 0 Å². The number of nitrogens with zero attached hydrogens (tertiary/aromatic N) is 4. The van der Waals surface area contributed by atoms with Gasteiger partial charge < -0.3 is 4.74 Å². The lowest BCUT2D eigenvalue weighted by Gasteiger charge is -1.77. The van der Waals surface area contributed by atoms with Crippen molar-refractivity contribution >= 4 is 0 Å². The van der Waals surface area contributed by atoms with Gasteiger partial charge in [0, 0.05) is 0 Å². The van der Waals surface area contributed by atoms with Gasteiger partial charge in [0.1, 0.15) is 6.10 Å². The summed E-state index contributed by atoms with van der Waals surface area (Å²) in [6.45, 7) is 0.742. The average Bonchev–Trinajstić information content (AvgIpc) is 2.58. The SMILES string of the molecule is Cn1nnc(C2CO2)n1.